The quantitative estimate of drug-likeness (QED) is 0.611. The second kappa shape index (κ2) is 6.71. The number of hydrogen-bond donors (Lipinski definition) is 0. The molecule has 2 nitrogen and oxygen atoms in total. The van der Waals surface area contributed by atoms with E-state index in [1.165, 1.54) is 22.8 Å². The van der Waals surface area contributed by atoms with E-state index in [1.807, 2.05) is 12.1 Å². The van der Waals surface area contributed by atoms with Crippen LogP contribution in [0.1, 0.15) is 18.1 Å². The number of aryl methyl sites for hydroxylation is 1. The van der Waals surface area contributed by atoms with Gasteiger partial charge in [-0.15, -0.1) is 0 Å². The minimum Gasteiger partial charge on any atom is -0.463 e. The van der Waals surface area contributed by atoms with Gasteiger partial charge in [0.25, 0.3) is 0 Å². The predicted octanol–water partition coefficient (Wildman–Crippen LogP) is 4.24. The van der Waals surface area contributed by atoms with E-state index in [0.29, 0.717) is 6.61 Å². The highest BCUT2D eigenvalue weighted by Gasteiger charge is 1.98. The number of ether oxygens (including phenoxy) is 1. The third-order valence-corrected chi connectivity index (χ3v) is 2.96. The van der Waals surface area contributed by atoms with Gasteiger partial charge in [-0.2, -0.15) is 0 Å². The Balaban J connectivity index is 2.12. The lowest BCUT2D eigenvalue weighted by atomic mass is 10.0. The van der Waals surface area contributed by atoms with E-state index in [1.54, 1.807) is 13.0 Å². The van der Waals surface area contributed by atoms with Crippen molar-refractivity contribution in [3.05, 3.63) is 65.7 Å². The van der Waals surface area contributed by atoms with Gasteiger partial charge < -0.3 is 4.74 Å². The first-order valence-corrected chi connectivity index (χ1v) is 6.71. The summed E-state index contributed by atoms with van der Waals surface area (Å²) in [7, 11) is 0. The summed E-state index contributed by atoms with van der Waals surface area (Å²) in [6, 6.07) is 16.5. The molecular weight excluding hydrogens is 248 g/mol. The van der Waals surface area contributed by atoms with E-state index >= 15 is 0 Å². The Hall–Kier alpha value is -2.35. The first-order chi connectivity index (χ1) is 9.69. The largest absolute Gasteiger partial charge is 0.463 e. The van der Waals surface area contributed by atoms with Gasteiger partial charge in [0.15, 0.2) is 0 Å². The maximum Gasteiger partial charge on any atom is 0.330 e. The van der Waals surface area contributed by atoms with Crippen molar-refractivity contribution in [3.63, 3.8) is 0 Å². The number of benzene rings is 2. The van der Waals surface area contributed by atoms with Crippen LogP contribution >= 0.6 is 0 Å². The summed E-state index contributed by atoms with van der Waals surface area (Å²) in [6.45, 7) is 4.28. The van der Waals surface area contributed by atoms with Gasteiger partial charge in [0.1, 0.15) is 0 Å². The van der Waals surface area contributed by atoms with Crippen molar-refractivity contribution in [2.45, 2.75) is 13.8 Å². The fraction of sp³-hybridized carbons (Fsp3) is 0.167. The van der Waals surface area contributed by atoms with Crippen LogP contribution in [0, 0.1) is 6.92 Å². The van der Waals surface area contributed by atoms with Crippen LogP contribution < -0.4 is 0 Å². The first-order valence-electron chi connectivity index (χ1n) is 6.71. The molecule has 0 aliphatic heterocycles. The van der Waals surface area contributed by atoms with Crippen LogP contribution in [0.3, 0.4) is 0 Å². The van der Waals surface area contributed by atoms with Gasteiger partial charge in [0, 0.05) is 6.08 Å². The van der Waals surface area contributed by atoms with Crippen LogP contribution in [0.5, 0.6) is 0 Å². The smallest absolute Gasteiger partial charge is 0.330 e. The fourth-order valence-corrected chi connectivity index (χ4v) is 1.97. The molecule has 0 saturated carbocycles. The molecule has 0 aromatic heterocycles. The van der Waals surface area contributed by atoms with Crippen LogP contribution in [-0.4, -0.2) is 12.6 Å². The van der Waals surface area contributed by atoms with Crippen molar-refractivity contribution in [1.82, 2.24) is 0 Å². The average molecular weight is 266 g/mol. The standard InChI is InChI=1S/C18H18O2/c1-3-20-18(19)12-9-15-7-10-16(11-8-15)17-6-4-5-14(2)13-17/h4-13H,3H2,1-2H3/b12-9+. The molecule has 20 heavy (non-hydrogen) atoms. The first kappa shape index (κ1) is 14.1. The third kappa shape index (κ3) is 3.82. The molecule has 0 spiro atoms. The number of esters is 1. The minimum absolute atomic E-state index is 0.310. The summed E-state index contributed by atoms with van der Waals surface area (Å²) in [5, 5.41) is 0. The van der Waals surface area contributed by atoms with Crippen molar-refractivity contribution >= 4 is 12.0 Å². The maximum absolute atomic E-state index is 11.2. The Morgan fingerprint density at radius 3 is 2.50 bits per heavy atom. The Bertz CT molecular complexity index is 610. The lowest BCUT2D eigenvalue weighted by Crippen LogP contribution is -1.98. The number of rotatable bonds is 4. The van der Waals surface area contributed by atoms with Crippen molar-refractivity contribution in [2.24, 2.45) is 0 Å². The highest BCUT2D eigenvalue weighted by atomic mass is 16.5. The molecule has 0 aliphatic carbocycles. The molecule has 0 amide bonds. The lowest BCUT2D eigenvalue weighted by Gasteiger charge is -2.03. The molecular formula is C18H18O2. The highest BCUT2D eigenvalue weighted by Crippen LogP contribution is 2.21. The summed E-state index contributed by atoms with van der Waals surface area (Å²) in [5.74, 6) is -0.310. The van der Waals surface area contributed by atoms with Crippen molar-refractivity contribution < 1.29 is 9.53 Å². The molecule has 2 aromatic carbocycles. The molecule has 0 unspecified atom stereocenters. The minimum atomic E-state index is -0.310. The molecule has 2 aromatic rings. The summed E-state index contributed by atoms with van der Waals surface area (Å²) < 4.78 is 4.84. The van der Waals surface area contributed by atoms with Gasteiger partial charge in [0.2, 0.25) is 0 Å². The van der Waals surface area contributed by atoms with Gasteiger partial charge in [-0.3, -0.25) is 0 Å². The Morgan fingerprint density at radius 2 is 1.85 bits per heavy atom. The third-order valence-electron chi connectivity index (χ3n) is 2.96. The summed E-state index contributed by atoms with van der Waals surface area (Å²) in [6.07, 6.45) is 3.21. The molecule has 0 N–H and O–H groups in total. The molecule has 0 fully saturated rings. The van der Waals surface area contributed by atoms with E-state index in [9.17, 15) is 4.79 Å². The van der Waals surface area contributed by atoms with Crippen molar-refractivity contribution in [2.75, 3.05) is 6.61 Å². The molecule has 0 radical (unpaired) electrons. The fourth-order valence-electron chi connectivity index (χ4n) is 1.97. The van der Waals surface area contributed by atoms with E-state index in [0.717, 1.165) is 5.56 Å². The topological polar surface area (TPSA) is 26.3 Å². The molecule has 0 aliphatic rings. The SMILES string of the molecule is CCOC(=O)/C=C/c1ccc(-c2cccc(C)c2)cc1. The van der Waals surface area contributed by atoms with Crippen LogP contribution in [-0.2, 0) is 9.53 Å². The van der Waals surface area contributed by atoms with E-state index in [2.05, 4.69) is 43.3 Å². The molecule has 0 atom stereocenters. The number of hydrogen-bond acceptors (Lipinski definition) is 2. The maximum atomic E-state index is 11.2. The summed E-state index contributed by atoms with van der Waals surface area (Å²) >= 11 is 0. The zero-order chi connectivity index (χ0) is 14.4. The normalized spacial score (nSPS) is 10.7. The van der Waals surface area contributed by atoms with Crippen LogP contribution in [0.2, 0.25) is 0 Å². The summed E-state index contributed by atoms with van der Waals surface area (Å²) in [4.78, 5) is 11.2. The van der Waals surface area contributed by atoms with Gasteiger partial charge >= 0.3 is 5.97 Å². The van der Waals surface area contributed by atoms with E-state index in [4.69, 9.17) is 4.74 Å². The lowest BCUT2D eigenvalue weighted by molar-refractivity contribution is -0.137. The number of carbonyl (C=O) groups is 1. The van der Waals surface area contributed by atoms with Crippen molar-refractivity contribution in [1.29, 1.82) is 0 Å². The Morgan fingerprint density at radius 1 is 1.10 bits per heavy atom. The van der Waals surface area contributed by atoms with Gasteiger partial charge in [-0.1, -0.05) is 54.1 Å². The van der Waals surface area contributed by atoms with Crippen LogP contribution in [0.25, 0.3) is 17.2 Å². The molecule has 2 heteroatoms. The van der Waals surface area contributed by atoms with Gasteiger partial charge in [0.05, 0.1) is 6.61 Å². The molecule has 2 rings (SSSR count). The van der Waals surface area contributed by atoms with Gasteiger partial charge in [-0.05, 0) is 36.6 Å². The van der Waals surface area contributed by atoms with Crippen molar-refractivity contribution in [3.8, 4) is 11.1 Å². The predicted molar refractivity (Wildman–Crippen MR) is 82.3 cm³/mol. The second-order valence-electron chi connectivity index (χ2n) is 4.58. The average Bonchev–Trinajstić information content (AvgIpc) is 2.46. The molecule has 0 bridgehead atoms. The Kier molecular flexibility index (Phi) is 4.72. The molecule has 102 valence electrons. The summed E-state index contributed by atoms with van der Waals surface area (Å²) in [5.41, 5.74) is 4.59. The molecule has 0 heterocycles. The Labute approximate surface area is 119 Å². The van der Waals surface area contributed by atoms with Crippen LogP contribution in [0.15, 0.2) is 54.6 Å². The number of carbonyl (C=O) groups excluding carboxylic acids is 1. The molecule has 0 saturated heterocycles. The zero-order valence-corrected chi connectivity index (χ0v) is 11.8. The van der Waals surface area contributed by atoms with E-state index in [-0.39, 0.29) is 5.97 Å². The van der Waals surface area contributed by atoms with Crippen LogP contribution in [0.4, 0.5) is 0 Å². The highest BCUT2D eigenvalue weighted by molar-refractivity contribution is 5.87. The van der Waals surface area contributed by atoms with Gasteiger partial charge in [-0.25, -0.2) is 4.79 Å². The zero-order valence-electron chi connectivity index (χ0n) is 11.8. The second-order valence-corrected chi connectivity index (χ2v) is 4.58. The monoisotopic (exact) mass is 266 g/mol. The van der Waals surface area contributed by atoms with E-state index < -0.39 is 0 Å².